The molecule has 3 aromatic carbocycles. The Labute approximate surface area is 241 Å². The molecule has 0 saturated carbocycles. The van der Waals surface area contributed by atoms with E-state index in [1.165, 1.54) is 44.0 Å². The summed E-state index contributed by atoms with van der Waals surface area (Å²) in [6.07, 6.45) is 1.53. The van der Waals surface area contributed by atoms with Crippen LogP contribution < -0.4 is 10.3 Å². The number of hydrogen-bond donors (Lipinski definition) is 0. The molecule has 0 N–H and O–H groups in total. The van der Waals surface area contributed by atoms with E-state index in [0.717, 1.165) is 11.6 Å². The molecule has 1 atom stereocenters. The minimum atomic E-state index is -0.940. The summed E-state index contributed by atoms with van der Waals surface area (Å²) in [7, 11) is 2.63. The molecule has 0 spiro atoms. The average molecular weight is 576 g/mol. The molecule has 0 saturated heterocycles. The lowest BCUT2D eigenvalue weighted by Crippen LogP contribution is -2.32. The van der Waals surface area contributed by atoms with Gasteiger partial charge in [-0.3, -0.25) is 14.4 Å². The number of ketones is 2. The lowest BCUT2D eigenvalue weighted by Gasteiger charge is -2.22. The van der Waals surface area contributed by atoms with Crippen molar-refractivity contribution < 1.29 is 28.2 Å². The number of carbonyl (C=O) groups excluding carboxylic acids is 3. The first-order chi connectivity index (χ1) is 19.6. The van der Waals surface area contributed by atoms with Crippen LogP contribution in [-0.4, -0.2) is 36.3 Å². The van der Waals surface area contributed by atoms with E-state index in [0.29, 0.717) is 11.1 Å². The number of esters is 1. The standard InChI is InChI=1S/C32H27ClFNO6/c1-19(36)23-13-14-25(33)31(34)30(23)24-17-29(38)35(18-28(24)40-2)26(15-20-7-5-4-6-8-20)27(37)16-21-9-11-22(12-10-21)32(39)41-3/h4-14,17-18,26H,15-16H2,1-3H3. The predicted molar refractivity (Wildman–Crippen MR) is 153 cm³/mol. The highest BCUT2D eigenvalue weighted by molar-refractivity contribution is 6.31. The fraction of sp³-hybridized carbons (Fsp3) is 0.188. The number of Topliss-reactive ketones (excluding diaryl/α,β-unsaturated/α-hetero) is 2. The maximum absolute atomic E-state index is 15.2. The van der Waals surface area contributed by atoms with E-state index in [-0.39, 0.29) is 46.1 Å². The number of methoxy groups -OCH3 is 2. The van der Waals surface area contributed by atoms with Crippen molar-refractivity contribution in [2.24, 2.45) is 0 Å². The Kier molecular flexibility index (Phi) is 9.14. The molecule has 4 rings (SSSR count). The highest BCUT2D eigenvalue weighted by Gasteiger charge is 2.26. The SMILES string of the molecule is COC(=O)c1ccc(CC(=O)C(Cc2ccccc2)n2cc(OC)c(-c3c(C(C)=O)ccc(Cl)c3F)cc2=O)cc1. The van der Waals surface area contributed by atoms with Crippen LogP contribution in [-0.2, 0) is 22.4 Å². The Morgan fingerprint density at radius 3 is 2.24 bits per heavy atom. The number of ether oxygens (including phenoxy) is 2. The molecule has 0 radical (unpaired) electrons. The first-order valence-corrected chi connectivity index (χ1v) is 13.1. The number of halogens is 2. The van der Waals surface area contributed by atoms with E-state index in [9.17, 15) is 19.2 Å². The second kappa shape index (κ2) is 12.7. The van der Waals surface area contributed by atoms with Gasteiger partial charge in [-0.15, -0.1) is 0 Å². The summed E-state index contributed by atoms with van der Waals surface area (Å²) in [5.74, 6) is -1.96. The number of nitrogens with zero attached hydrogens (tertiary/aromatic N) is 1. The largest absolute Gasteiger partial charge is 0.495 e. The number of benzene rings is 3. The molecule has 7 nitrogen and oxygen atoms in total. The second-order valence-electron chi connectivity index (χ2n) is 9.38. The van der Waals surface area contributed by atoms with Crippen molar-refractivity contribution >= 4 is 29.1 Å². The van der Waals surface area contributed by atoms with Crippen LogP contribution in [0.1, 0.15) is 44.8 Å². The Balaban J connectivity index is 1.80. The third kappa shape index (κ3) is 6.44. The fourth-order valence-electron chi connectivity index (χ4n) is 4.64. The van der Waals surface area contributed by atoms with Crippen LogP contribution in [0.5, 0.6) is 5.75 Å². The van der Waals surface area contributed by atoms with Crippen LogP contribution in [0.2, 0.25) is 5.02 Å². The number of pyridine rings is 1. The number of carbonyl (C=O) groups is 3. The molecule has 210 valence electrons. The molecule has 0 fully saturated rings. The summed E-state index contributed by atoms with van der Waals surface area (Å²) in [6, 6.07) is 18.5. The Hall–Kier alpha value is -4.56. The lowest BCUT2D eigenvalue weighted by atomic mass is 9.95. The minimum Gasteiger partial charge on any atom is -0.495 e. The van der Waals surface area contributed by atoms with Crippen LogP contribution in [0, 0.1) is 5.82 Å². The van der Waals surface area contributed by atoms with Crippen molar-refractivity contribution in [3.8, 4) is 16.9 Å². The minimum absolute atomic E-state index is 0.0210. The van der Waals surface area contributed by atoms with Gasteiger partial charge in [0.25, 0.3) is 5.56 Å². The van der Waals surface area contributed by atoms with Gasteiger partial charge < -0.3 is 14.0 Å². The van der Waals surface area contributed by atoms with Crippen molar-refractivity contribution in [3.05, 3.63) is 122 Å². The average Bonchev–Trinajstić information content (AvgIpc) is 2.97. The zero-order valence-corrected chi connectivity index (χ0v) is 23.4. The van der Waals surface area contributed by atoms with Gasteiger partial charge in [-0.1, -0.05) is 54.1 Å². The molecule has 0 bridgehead atoms. The molecule has 9 heteroatoms. The molecule has 0 amide bonds. The van der Waals surface area contributed by atoms with Crippen molar-refractivity contribution in [3.63, 3.8) is 0 Å². The molecule has 1 heterocycles. The van der Waals surface area contributed by atoms with Crippen molar-refractivity contribution in [2.45, 2.75) is 25.8 Å². The fourth-order valence-corrected chi connectivity index (χ4v) is 4.80. The molecule has 1 aromatic heterocycles. The van der Waals surface area contributed by atoms with Gasteiger partial charge in [0.1, 0.15) is 11.6 Å². The van der Waals surface area contributed by atoms with E-state index in [2.05, 4.69) is 0 Å². The van der Waals surface area contributed by atoms with Gasteiger partial charge in [0.15, 0.2) is 11.6 Å². The lowest BCUT2D eigenvalue weighted by molar-refractivity contribution is -0.121. The predicted octanol–water partition coefficient (Wildman–Crippen LogP) is 5.90. The topological polar surface area (TPSA) is 91.7 Å². The maximum Gasteiger partial charge on any atom is 0.337 e. The smallest absolute Gasteiger partial charge is 0.337 e. The third-order valence-corrected chi connectivity index (χ3v) is 7.03. The molecule has 0 aliphatic rings. The Morgan fingerprint density at radius 2 is 1.63 bits per heavy atom. The van der Waals surface area contributed by atoms with E-state index in [1.807, 2.05) is 30.3 Å². The van der Waals surface area contributed by atoms with Crippen molar-refractivity contribution in [1.29, 1.82) is 0 Å². The molecule has 4 aromatic rings. The van der Waals surface area contributed by atoms with Gasteiger partial charge in [0, 0.05) is 35.6 Å². The summed E-state index contributed by atoms with van der Waals surface area (Å²) in [4.78, 5) is 51.4. The number of aromatic nitrogens is 1. The molecular formula is C32H27ClFNO6. The molecule has 0 aliphatic heterocycles. The first kappa shape index (κ1) is 29.4. The van der Waals surface area contributed by atoms with E-state index in [4.69, 9.17) is 21.1 Å². The van der Waals surface area contributed by atoms with Crippen LogP contribution in [0.3, 0.4) is 0 Å². The Morgan fingerprint density at radius 1 is 0.951 bits per heavy atom. The summed E-state index contributed by atoms with van der Waals surface area (Å²) >= 11 is 6.02. The van der Waals surface area contributed by atoms with Crippen LogP contribution >= 0.6 is 11.6 Å². The van der Waals surface area contributed by atoms with Crippen LogP contribution in [0.25, 0.3) is 11.1 Å². The van der Waals surface area contributed by atoms with Gasteiger partial charge in [-0.2, -0.15) is 0 Å². The summed E-state index contributed by atoms with van der Waals surface area (Å²) in [5.41, 5.74) is 1.15. The van der Waals surface area contributed by atoms with Gasteiger partial charge in [-0.05, 0) is 42.3 Å². The highest BCUT2D eigenvalue weighted by atomic mass is 35.5. The first-order valence-electron chi connectivity index (χ1n) is 12.7. The van der Waals surface area contributed by atoms with Crippen LogP contribution in [0.15, 0.2) is 83.8 Å². The van der Waals surface area contributed by atoms with Gasteiger partial charge >= 0.3 is 5.97 Å². The van der Waals surface area contributed by atoms with Crippen molar-refractivity contribution in [1.82, 2.24) is 4.57 Å². The molecule has 1 unspecified atom stereocenters. The van der Waals surface area contributed by atoms with Gasteiger partial charge in [0.05, 0.1) is 37.0 Å². The van der Waals surface area contributed by atoms with Crippen LogP contribution in [0.4, 0.5) is 4.39 Å². The van der Waals surface area contributed by atoms with Gasteiger partial charge in [0.2, 0.25) is 0 Å². The highest BCUT2D eigenvalue weighted by Crippen LogP contribution is 2.37. The molecule has 41 heavy (non-hydrogen) atoms. The van der Waals surface area contributed by atoms with E-state index >= 15 is 4.39 Å². The summed E-state index contributed by atoms with van der Waals surface area (Å²) in [5, 5.41) is -0.216. The second-order valence-corrected chi connectivity index (χ2v) is 9.79. The summed E-state index contributed by atoms with van der Waals surface area (Å²) in [6.45, 7) is 1.28. The Bertz CT molecular complexity index is 1660. The normalized spacial score (nSPS) is 11.5. The number of hydrogen-bond acceptors (Lipinski definition) is 6. The summed E-state index contributed by atoms with van der Waals surface area (Å²) < 4.78 is 26.8. The van der Waals surface area contributed by atoms with Crippen molar-refractivity contribution in [2.75, 3.05) is 14.2 Å². The molecular weight excluding hydrogens is 549 g/mol. The monoisotopic (exact) mass is 575 g/mol. The van der Waals surface area contributed by atoms with Gasteiger partial charge in [-0.25, -0.2) is 9.18 Å². The zero-order chi connectivity index (χ0) is 29.7. The number of rotatable bonds is 10. The zero-order valence-electron chi connectivity index (χ0n) is 22.6. The maximum atomic E-state index is 15.2. The van der Waals surface area contributed by atoms with E-state index < -0.39 is 29.2 Å². The van der Waals surface area contributed by atoms with E-state index in [1.54, 1.807) is 24.3 Å². The molecule has 0 aliphatic carbocycles. The quantitative estimate of drug-likeness (QED) is 0.173. The third-order valence-electron chi connectivity index (χ3n) is 6.74.